The van der Waals surface area contributed by atoms with Crippen LogP contribution in [0.3, 0.4) is 0 Å². The average molecular weight is 355 g/mol. The number of nitrogens with zero attached hydrogens (tertiary/aromatic N) is 2. The number of carboxylic acid groups (broad SMARTS) is 1. The zero-order chi connectivity index (χ0) is 18.5. The predicted octanol–water partition coefficient (Wildman–Crippen LogP) is 2.30. The van der Waals surface area contributed by atoms with E-state index in [2.05, 4.69) is 9.97 Å². The minimum atomic E-state index is -0.875. The van der Waals surface area contributed by atoms with Crippen LogP contribution in [0.1, 0.15) is 42.5 Å². The van der Waals surface area contributed by atoms with E-state index >= 15 is 0 Å². The van der Waals surface area contributed by atoms with Gasteiger partial charge >= 0.3 is 5.97 Å². The van der Waals surface area contributed by atoms with Crippen molar-refractivity contribution in [3.05, 3.63) is 52.4 Å². The third kappa shape index (κ3) is 3.99. The van der Waals surface area contributed by atoms with Crippen LogP contribution in [-0.2, 0) is 4.79 Å². The molecule has 0 radical (unpaired) electrons. The van der Waals surface area contributed by atoms with Crippen LogP contribution in [0.2, 0.25) is 0 Å². The Balaban J connectivity index is 1.82. The van der Waals surface area contributed by atoms with Gasteiger partial charge in [0.05, 0.1) is 11.4 Å². The van der Waals surface area contributed by atoms with Crippen molar-refractivity contribution < 1.29 is 14.7 Å². The van der Waals surface area contributed by atoms with Gasteiger partial charge in [0.25, 0.3) is 11.5 Å². The minimum Gasteiger partial charge on any atom is -0.481 e. The smallest absolute Gasteiger partial charge is 0.303 e. The molecule has 1 atom stereocenters. The number of aromatic amines is 1. The minimum absolute atomic E-state index is 0.0173. The Morgan fingerprint density at radius 3 is 2.77 bits per heavy atom. The Bertz CT molecular complexity index is 847. The molecule has 2 N–H and O–H groups in total. The Morgan fingerprint density at radius 2 is 2.08 bits per heavy atom. The lowest BCUT2D eigenvalue weighted by Crippen LogP contribution is -2.45. The number of H-pyrrole nitrogens is 1. The van der Waals surface area contributed by atoms with Crippen molar-refractivity contribution in [1.29, 1.82) is 0 Å². The molecule has 0 aromatic carbocycles. The summed E-state index contributed by atoms with van der Waals surface area (Å²) in [7, 11) is 0. The number of amides is 1. The standard InChI is InChI=1S/C19H21N3O4/c23-17(24)10-7-13-5-2-4-12-22(13)19(26)14-8-9-16(21-18(14)25)15-6-1-3-11-20-15/h1,3,6,8-9,11,13H,2,4-5,7,10,12H2,(H,21,25)(H,23,24). The average Bonchev–Trinajstić information content (AvgIpc) is 2.66. The molecule has 7 heteroatoms. The Kier molecular flexibility index (Phi) is 5.46. The molecule has 2 aromatic heterocycles. The van der Waals surface area contributed by atoms with Crippen molar-refractivity contribution in [2.75, 3.05) is 6.54 Å². The van der Waals surface area contributed by atoms with Crippen LogP contribution in [0.4, 0.5) is 0 Å². The molecule has 1 fully saturated rings. The summed E-state index contributed by atoms with van der Waals surface area (Å²) < 4.78 is 0. The molecule has 1 aliphatic rings. The van der Waals surface area contributed by atoms with E-state index in [0.29, 0.717) is 24.4 Å². The van der Waals surface area contributed by atoms with Gasteiger partial charge in [-0.15, -0.1) is 0 Å². The second kappa shape index (κ2) is 7.95. The topological polar surface area (TPSA) is 103 Å². The lowest BCUT2D eigenvalue weighted by Gasteiger charge is -2.35. The second-order valence-electron chi connectivity index (χ2n) is 6.41. The Labute approximate surface area is 150 Å². The van der Waals surface area contributed by atoms with E-state index in [-0.39, 0.29) is 23.9 Å². The largest absolute Gasteiger partial charge is 0.481 e. The van der Waals surface area contributed by atoms with Crippen molar-refractivity contribution in [1.82, 2.24) is 14.9 Å². The number of pyridine rings is 2. The van der Waals surface area contributed by atoms with Crippen molar-refractivity contribution in [3.8, 4) is 11.4 Å². The molecule has 1 amide bonds. The van der Waals surface area contributed by atoms with E-state index in [1.807, 2.05) is 6.07 Å². The summed E-state index contributed by atoms with van der Waals surface area (Å²) in [5.74, 6) is -1.21. The molecule has 0 aliphatic carbocycles. The number of carbonyl (C=O) groups is 2. The first-order valence-corrected chi connectivity index (χ1v) is 8.74. The zero-order valence-electron chi connectivity index (χ0n) is 14.4. The number of carboxylic acids is 1. The van der Waals surface area contributed by atoms with Gasteiger partial charge in [-0.05, 0) is 49.9 Å². The highest BCUT2D eigenvalue weighted by atomic mass is 16.4. The van der Waals surface area contributed by atoms with Crippen molar-refractivity contribution in [2.45, 2.75) is 38.1 Å². The predicted molar refractivity (Wildman–Crippen MR) is 95.8 cm³/mol. The summed E-state index contributed by atoms with van der Waals surface area (Å²) in [6.45, 7) is 0.546. The summed E-state index contributed by atoms with van der Waals surface area (Å²) in [6.07, 6.45) is 4.65. The van der Waals surface area contributed by atoms with E-state index < -0.39 is 11.5 Å². The van der Waals surface area contributed by atoms with Gasteiger partial charge in [-0.2, -0.15) is 0 Å². The molecule has 7 nitrogen and oxygen atoms in total. The molecule has 1 saturated heterocycles. The number of likely N-dealkylation sites (tertiary alicyclic amines) is 1. The fourth-order valence-electron chi connectivity index (χ4n) is 3.33. The molecule has 1 aliphatic heterocycles. The summed E-state index contributed by atoms with van der Waals surface area (Å²) in [4.78, 5) is 44.7. The van der Waals surface area contributed by atoms with Gasteiger partial charge in [0.15, 0.2) is 0 Å². The Morgan fingerprint density at radius 1 is 1.23 bits per heavy atom. The molecule has 136 valence electrons. The second-order valence-corrected chi connectivity index (χ2v) is 6.41. The quantitative estimate of drug-likeness (QED) is 0.856. The van der Waals surface area contributed by atoms with Crippen LogP contribution >= 0.6 is 0 Å². The highest BCUT2D eigenvalue weighted by molar-refractivity contribution is 5.94. The number of aromatic nitrogens is 2. The van der Waals surface area contributed by atoms with Crippen molar-refractivity contribution in [2.24, 2.45) is 0 Å². The van der Waals surface area contributed by atoms with Crippen LogP contribution in [0.15, 0.2) is 41.3 Å². The molecule has 0 bridgehead atoms. The number of rotatable bonds is 5. The van der Waals surface area contributed by atoms with Gasteiger partial charge in [0.2, 0.25) is 0 Å². The number of hydrogen-bond donors (Lipinski definition) is 2. The molecule has 0 saturated carbocycles. The van der Waals surface area contributed by atoms with Crippen LogP contribution in [0, 0.1) is 0 Å². The monoisotopic (exact) mass is 355 g/mol. The van der Waals surface area contributed by atoms with Gasteiger partial charge in [0, 0.05) is 25.2 Å². The number of hydrogen-bond acceptors (Lipinski definition) is 4. The molecular formula is C19H21N3O4. The molecule has 0 spiro atoms. The van der Waals surface area contributed by atoms with Crippen LogP contribution in [0.5, 0.6) is 0 Å². The third-order valence-electron chi connectivity index (χ3n) is 4.66. The summed E-state index contributed by atoms with van der Waals surface area (Å²) in [5.41, 5.74) is 0.793. The van der Waals surface area contributed by atoms with E-state index in [1.54, 1.807) is 29.3 Å². The maximum absolute atomic E-state index is 12.9. The Hall–Kier alpha value is -2.96. The number of nitrogens with one attached hydrogen (secondary N) is 1. The normalized spacial score (nSPS) is 17.1. The number of aliphatic carboxylic acids is 1. The van der Waals surface area contributed by atoms with Crippen molar-refractivity contribution >= 4 is 11.9 Å². The summed E-state index contributed by atoms with van der Waals surface area (Å²) in [6, 6.07) is 8.44. The molecule has 3 rings (SSSR count). The first kappa shape index (κ1) is 17.8. The van der Waals surface area contributed by atoms with E-state index in [9.17, 15) is 14.4 Å². The first-order valence-electron chi connectivity index (χ1n) is 8.74. The SMILES string of the molecule is O=C(O)CCC1CCCCN1C(=O)c1ccc(-c2ccccn2)[nH]c1=O. The highest BCUT2D eigenvalue weighted by Crippen LogP contribution is 2.23. The maximum Gasteiger partial charge on any atom is 0.303 e. The van der Waals surface area contributed by atoms with Gasteiger partial charge in [0.1, 0.15) is 5.56 Å². The lowest BCUT2D eigenvalue weighted by molar-refractivity contribution is -0.137. The van der Waals surface area contributed by atoms with Gasteiger partial charge in [-0.25, -0.2) is 0 Å². The fraction of sp³-hybridized carbons (Fsp3) is 0.368. The van der Waals surface area contributed by atoms with Gasteiger partial charge in [-0.1, -0.05) is 6.07 Å². The van der Waals surface area contributed by atoms with Gasteiger partial charge < -0.3 is 15.0 Å². The van der Waals surface area contributed by atoms with Crippen molar-refractivity contribution in [3.63, 3.8) is 0 Å². The lowest BCUT2D eigenvalue weighted by atomic mass is 9.97. The third-order valence-corrected chi connectivity index (χ3v) is 4.66. The maximum atomic E-state index is 12.9. The van der Waals surface area contributed by atoms with Gasteiger partial charge in [-0.3, -0.25) is 19.4 Å². The van der Waals surface area contributed by atoms with E-state index in [0.717, 1.165) is 19.3 Å². The van der Waals surface area contributed by atoms with Crippen LogP contribution < -0.4 is 5.56 Å². The van der Waals surface area contributed by atoms with Crippen LogP contribution in [0.25, 0.3) is 11.4 Å². The van der Waals surface area contributed by atoms with E-state index in [4.69, 9.17) is 5.11 Å². The summed E-state index contributed by atoms with van der Waals surface area (Å²) in [5, 5.41) is 8.90. The number of piperidine rings is 1. The molecule has 26 heavy (non-hydrogen) atoms. The molecular weight excluding hydrogens is 334 g/mol. The zero-order valence-corrected chi connectivity index (χ0v) is 14.4. The highest BCUT2D eigenvalue weighted by Gasteiger charge is 2.29. The molecule has 2 aromatic rings. The van der Waals surface area contributed by atoms with Crippen LogP contribution in [-0.4, -0.2) is 44.4 Å². The summed E-state index contributed by atoms with van der Waals surface area (Å²) >= 11 is 0. The van der Waals surface area contributed by atoms with E-state index in [1.165, 1.54) is 6.07 Å². The first-order chi connectivity index (χ1) is 12.6. The molecule has 3 heterocycles. The molecule has 1 unspecified atom stereocenters. The number of carbonyl (C=O) groups excluding carboxylic acids is 1. The fourth-order valence-corrected chi connectivity index (χ4v) is 3.33.